The van der Waals surface area contributed by atoms with Crippen LogP contribution in [0.4, 0.5) is 0 Å². The van der Waals surface area contributed by atoms with E-state index in [1.165, 1.54) is 8.87 Å². The minimum absolute atomic E-state index is 0.0314. The monoisotopic (exact) mass is 437 g/mol. The molecule has 3 rings (SSSR count). The van der Waals surface area contributed by atoms with Crippen LogP contribution in [0.5, 0.6) is 0 Å². The van der Waals surface area contributed by atoms with Gasteiger partial charge in [-0.2, -0.15) is 0 Å². The first-order valence-corrected chi connectivity index (χ1v) is 11.8. The van der Waals surface area contributed by atoms with Gasteiger partial charge in [0, 0.05) is 31.4 Å². The summed E-state index contributed by atoms with van der Waals surface area (Å²) in [6.45, 7) is 6.45. The highest BCUT2D eigenvalue weighted by Crippen LogP contribution is 2.21. The Morgan fingerprint density at radius 1 is 1.37 bits per heavy atom. The lowest BCUT2D eigenvalue weighted by Gasteiger charge is -2.31. The second kappa shape index (κ2) is 8.31. The second-order valence-electron chi connectivity index (χ2n) is 7.89. The molecular weight excluding hydrogens is 410 g/mol. The lowest BCUT2D eigenvalue weighted by atomic mass is 10.0. The number of aryl methyl sites for hydroxylation is 1. The highest BCUT2D eigenvalue weighted by atomic mass is 32.2. The van der Waals surface area contributed by atoms with Crippen molar-refractivity contribution in [2.45, 2.75) is 52.1 Å². The van der Waals surface area contributed by atoms with E-state index in [4.69, 9.17) is 0 Å². The van der Waals surface area contributed by atoms with Crippen LogP contribution in [0, 0.1) is 0 Å². The maximum Gasteiger partial charge on any atom is 0.329 e. The number of piperidine rings is 1. The van der Waals surface area contributed by atoms with E-state index in [0.717, 1.165) is 6.26 Å². The molecule has 0 saturated carbocycles. The van der Waals surface area contributed by atoms with Crippen molar-refractivity contribution >= 4 is 27.0 Å². The van der Waals surface area contributed by atoms with Crippen molar-refractivity contribution in [3.63, 3.8) is 0 Å². The van der Waals surface area contributed by atoms with Crippen LogP contribution in [0.2, 0.25) is 0 Å². The number of carbonyl (C=O) groups is 1. The van der Waals surface area contributed by atoms with Crippen molar-refractivity contribution in [2.75, 3.05) is 19.3 Å². The first-order chi connectivity index (χ1) is 14.0. The minimum Gasteiger partial charge on any atom is -0.348 e. The molecule has 30 heavy (non-hydrogen) atoms. The Hall–Kier alpha value is -2.53. The zero-order valence-corrected chi connectivity index (χ0v) is 18.4. The van der Waals surface area contributed by atoms with Gasteiger partial charge in [0.25, 0.3) is 11.5 Å². The van der Waals surface area contributed by atoms with Crippen molar-refractivity contribution in [3.8, 4) is 0 Å². The predicted molar refractivity (Wildman–Crippen MR) is 113 cm³/mol. The van der Waals surface area contributed by atoms with E-state index in [9.17, 15) is 22.8 Å². The summed E-state index contributed by atoms with van der Waals surface area (Å²) in [7, 11) is -3.35. The lowest BCUT2D eigenvalue weighted by molar-refractivity contribution is 0.0923. The van der Waals surface area contributed by atoms with Crippen molar-refractivity contribution in [1.82, 2.24) is 24.2 Å². The number of rotatable bonds is 5. The Morgan fingerprint density at radius 2 is 2.07 bits per heavy atom. The number of aromatic amines is 1. The molecule has 2 aromatic rings. The fourth-order valence-corrected chi connectivity index (χ4v) is 4.60. The summed E-state index contributed by atoms with van der Waals surface area (Å²) in [5.41, 5.74) is -0.367. The molecule has 1 saturated heterocycles. The predicted octanol–water partition coefficient (Wildman–Crippen LogP) is 0.382. The molecule has 0 bridgehead atoms. The minimum atomic E-state index is -3.35. The molecule has 1 aliphatic rings. The summed E-state index contributed by atoms with van der Waals surface area (Å²) in [5.74, 6) is -0.521. The summed E-state index contributed by atoms with van der Waals surface area (Å²) in [6.07, 6.45) is 2.40. The number of amides is 1. The number of H-pyrrole nitrogens is 1. The van der Waals surface area contributed by atoms with E-state index >= 15 is 0 Å². The van der Waals surface area contributed by atoms with Crippen LogP contribution < -0.4 is 16.6 Å². The molecule has 10 nitrogen and oxygen atoms in total. The van der Waals surface area contributed by atoms with Gasteiger partial charge in [-0.25, -0.2) is 22.5 Å². The van der Waals surface area contributed by atoms with E-state index in [2.05, 4.69) is 15.3 Å². The van der Waals surface area contributed by atoms with Crippen LogP contribution in [0.1, 0.15) is 55.6 Å². The van der Waals surface area contributed by atoms with Crippen LogP contribution in [0.3, 0.4) is 0 Å². The standard InChI is InChI=1S/C19H27N5O5S/c1-5-24-16-15(18(26)22-19(24)27)13(9-14(21-16)11(2)3)17(25)20-12-7-6-8-23(10-12)30(4,28)29/h9,11-12H,5-8,10H2,1-4H3,(H,20,25)(H,22,26,27). The number of carbonyl (C=O) groups excluding carboxylic acids is 1. The van der Waals surface area contributed by atoms with Gasteiger partial charge in [-0.3, -0.25) is 19.1 Å². The van der Waals surface area contributed by atoms with E-state index in [1.807, 2.05) is 13.8 Å². The fourth-order valence-electron chi connectivity index (χ4n) is 3.69. The number of hydrogen-bond donors (Lipinski definition) is 2. The van der Waals surface area contributed by atoms with Crippen molar-refractivity contribution in [3.05, 3.63) is 38.2 Å². The van der Waals surface area contributed by atoms with E-state index in [1.54, 1.807) is 13.0 Å². The molecule has 0 spiro atoms. The zero-order valence-electron chi connectivity index (χ0n) is 17.6. The molecule has 0 aromatic carbocycles. The number of aromatic nitrogens is 3. The Labute approximate surface area is 174 Å². The molecule has 0 radical (unpaired) electrons. The molecule has 11 heteroatoms. The van der Waals surface area contributed by atoms with Gasteiger partial charge in [0.1, 0.15) is 0 Å². The number of nitrogens with zero attached hydrogens (tertiary/aromatic N) is 3. The third-order valence-corrected chi connectivity index (χ3v) is 6.58. The topological polar surface area (TPSA) is 134 Å². The fraction of sp³-hybridized carbons (Fsp3) is 0.579. The Balaban J connectivity index is 2.07. The van der Waals surface area contributed by atoms with Crippen LogP contribution in [0.25, 0.3) is 11.0 Å². The molecule has 1 atom stereocenters. The molecule has 1 unspecified atom stereocenters. The lowest BCUT2D eigenvalue weighted by Crippen LogP contribution is -2.49. The molecular formula is C19H27N5O5S. The van der Waals surface area contributed by atoms with Crippen LogP contribution in [-0.4, -0.2) is 58.6 Å². The first kappa shape index (κ1) is 22.2. The first-order valence-electron chi connectivity index (χ1n) is 9.96. The third-order valence-electron chi connectivity index (χ3n) is 5.31. The van der Waals surface area contributed by atoms with Gasteiger partial charge < -0.3 is 5.32 Å². The average Bonchev–Trinajstić information content (AvgIpc) is 2.66. The van der Waals surface area contributed by atoms with Gasteiger partial charge in [-0.15, -0.1) is 0 Å². The zero-order chi connectivity index (χ0) is 22.2. The number of fused-ring (bicyclic) bond motifs is 1. The summed E-state index contributed by atoms with van der Waals surface area (Å²) >= 11 is 0. The molecule has 2 N–H and O–H groups in total. The summed E-state index contributed by atoms with van der Waals surface area (Å²) in [4.78, 5) is 44.6. The van der Waals surface area contributed by atoms with Gasteiger partial charge in [0.05, 0.1) is 17.2 Å². The van der Waals surface area contributed by atoms with Gasteiger partial charge in [0.15, 0.2) is 5.65 Å². The Morgan fingerprint density at radius 3 is 2.67 bits per heavy atom. The maximum atomic E-state index is 13.1. The largest absolute Gasteiger partial charge is 0.348 e. The third kappa shape index (κ3) is 4.31. The van der Waals surface area contributed by atoms with Crippen molar-refractivity contribution in [1.29, 1.82) is 0 Å². The normalized spacial score (nSPS) is 18.1. The molecule has 0 aliphatic carbocycles. The van der Waals surface area contributed by atoms with Crippen molar-refractivity contribution < 1.29 is 13.2 Å². The number of hydrogen-bond acceptors (Lipinski definition) is 6. The van der Waals surface area contributed by atoms with E-state index in [0.29, 0.717) is 25.1 Å². The Bertz CT molecular complexity index is 1200. The van der Waals surface area contributed by atoms with Gasteiger partial charge in [-0.1, -0.05) is 13.8 Å². The highest BCUT2D eigenvalue weighted by Gasteiger charge is 2.28. The highest BCUT2D eigenvalue weighted by molar-refractivity contribution is 7.88. The second-order valence-corrected chi connectivity index (χ2v) is 9.87. The van der Waals surface area contributed by atoms with E-state index < -0.39 is 27.2 Å². The van der Waals surface area contributed by atoms with Crippen LogP contribution >= 0.6 is 0 Å². The average molecular weight is 438 g/mol. The molecule has 2 aromatic heterocycles. The number of nitrogens with one attached hydrogen (secondary N) is 2. The summed E-state index contributed by atoms with van der Waals surface area (Å²) in [6, 6.07) is 1.20. The summed E-state index contributed by atoms with van der Waals surface area (Å²) in [5, 5.41) is 2.91. The quantitative estimate of drug-likeness (QED) is 0.695. The SMILES string of the molecule is CCn1c(=O)[nH]c(=O)c2c(C(=O)NC3CCCN(S(C)(=O)=O)C3)cc(C(C)C)nc21. The van der Waals surface area contributed by atoms with Crippen molar-refractivity contribution in [2.24, 2.45) is 0 Å². The van der Waals surface area contributed by atoms with Gasteiger partial charge in [0.2, 0.25) is 10.0 Å². The maximum absolute atomic E-state index is 13.1. The van der Waals surface area contributed by atoms with Crippen LogP contribution in [-0.2, 0) is 16.6 Å². The molecule has 1 aliphatic heterocycles. The Kier molecular flexibility index (Phi) is 6.14. The molecule has 3 heterocycles. The molecule has 1 amide bonds. The van der Waals surface area contributed by atoms with Crippen LogP contribution in [0.15, 0.2) is 15.7 Å². The summed E-state index contributed by atoms with van der Waals surface area (Å²) < 4.78 is 26.4. The number of pyridine rings is 1. The molecule has 1 fully saturated rings. The smallest absolute Gasteiger partial charge is 0.329 e. The van der Waals surface area contributed by atoms with Gasteiger partial charge in [-0.05, 0) is 31.7 Å². The number of sulfonamides is 1. The van der Waals surface area contributed by atoms with E-state index in [-0.39, 0.29) is 41.6 Å². The molecule has 164 valence electrons. The van der Waals surface area contributed by atoms with Gasteiger partial charge >= 0.3 is 5.69 Å².